The van der Waals surface area contributed by atoms with Crippen molar-refractivity contribution < 1.29 is 14.7 Å². The first-order valence-electron chi connectivity index (χ1n) is 7.20. The summed E-state index contributed by atoms with van der Waals surface area (Å²) in [7, 11) is 1.81. The van der Waals surface area contributed by atoms with E-state index in [0.29, 0.717) is 0 Å². The summed E-state index contributed by atoms with van der Waals surface area (Å²) in [6.07, 6.45) is 11.0. The van der Waals surface area contributed by atoms with Crippen molar-refractivity contribution in [3.8, 4) is 0 Å². The highest BCUT2D eigenvalue weighted by molar-refractivity contribution is 5.92. The summed E-state index contributed by atoms with van der Waals surface area (Å²) in [4.78, 5) is 23.1. The third-order valence-corrected chi connectivity index (χ3v) is 3.84. The molecule has 0 aliphatic heterocycles. The van der Waals surface area contributed by atoms with Gasteiger partial charge in [-0.2, -0.15) is 5.10 Å². The van der Waals surface area contributed by atoms with Crippen LogP contribution in [0.4, 0.5) is 0 Å². The van der Waals surface area contributed by atoms with Crippen molar-refractivity contribution in [2.75, 3.05) is 0 Å². The summed E-state index contributed by atoms with van der Waals surface area (Å²) in [6.45, 7) is 0. The van der Waals surface area contributed by atoms with E-state index in [1.54, 1.807) is 30.2 Å². The van der Waals surface area contributed by atoms with Crippen molar-refractivity contribution in [3.05, 3.63) is 24.0 Å². The van der Waals surface area contributed by atoms with Crippen LogP contribution in [-0.2, 0) is 16.6 Å². The first-order valence-corrected chi connectivity index (χ1v) is 7.20. The molecule has 0 bridgehead atoms. The van der Waals surface area contributed by atoms with Crippen LogP contribution >= 0.6 is 0 Å². The first kappa shape index (κ1) is 15.3. The summed E-state index contributed by atoms with van der Waals surface area (Å²) in [5.41, 5.74) is 0.240. The number of aryl methyl sites for hydroxylation is 1. The SMILES string of the molecule is Cn1cc(C=CC(=O)NC2(CC(=O)O)CCCCC2)cn1. The second-order valence-corrected chi connectivity index (χ2v) is 5.68. The standard InChI is InChI=1S/C15H21N3O3/c1-18-11-12(10-16-18)5-6-13(19)17-15(9-14(20)21)7-3-2-4-8-15/h5-6,10-11H,2-4,7-9H2,1H3,(H,17,19)(H,20,21). The van der Waals surface area contributed by atoms with Crippen molar-refractivity contribution in [1.29, 1.82) is 0 Å². The highest BCUT2D eigenvalue weighted by Gasteiger charge is 2.35. The molecule has 0 unspecified atom stereocenters. The molecule has 1 aromatic rings. The molecule has 1 saturated carbocycles. The Morgan fingerprint density at radius 2 is 2.14 bits per heavy atom. The highest BCUT2D eigenvalue weighted by atomic mass is 16.4. The summed E-state index contributed by atoms with van der Waals surface area (Å²) in [5, 5.41) is 16.0. The smallest absolute Gasteiger partial charge is 0.305 e. The molecule has 0 aromatic carbocycles. The number of nitrogens with zero attached hydrogens (tertiary/aromatic N) is 2. The van der Waals surface area contributed by atoms with Gasteiger partial charge in [-0.3, -0.25) is 14.3 Å². The van der Waals surface area contributed by atoms with Crippen LogP contribution in [0.25, 0.3) is 6.08 Å². The quantitative estimate of drug-likeness (QED) is 0.809. The second-order valence-electron chi connectivity index (χ2n) is 5.68. The predicted octanol–water partition coefficient (Wildman–Crippen LogP) is 1.73. The Morgan fingerprint density at radius 3 is 2.71 bits per heavy atom. The van der Waals surface area contributed by atoms with E-state index in [-0.39, 0.29) is 12.3 Å². The zero-order chi connectivity index (χ0) is 15.3. The molecule has 6 heteroatoms. The largest absolute Gasteiger partial charge is 0.481 e. The van der Waals surface area contributed by atoms with Crippen LogP contribution in [0.5, 0.6) is 0 Å². The Labute approximate surface area is 123 Å². The zero-order valence-electron chi connectivity index (χ0n) is 12.2. The van der Waals surface area contributed by atoms with Crippen LogP contribution in [0.15, 0.2) is 18.5 Å². The topological polar surface area (TPSA) is 84.2 Å². The summed E-state index contributed by atoms with van der Waals surface area (Å²) in [5.74, 6) is -1.12. The van der Waals surface area contributed by atoms with Gasteiger partial charge in [-0.25, -0.2) is 0 Å². The molecule has 0 saturated heterocycles. The molecule has 2 N–H and O–H groups in total. The summed E-state index contributed by atoms with van der Waals surface area (Å²) in [6, 6.07) is 0. The van der Waals surface area contributed by atoms with Crippen LogP contribution in [0.3, 0.4) is 0 Å². The second kappa shape index (κ2) is 6.56. The number of hydrogen-bond acceptors (Lipinski definition) is 3. The minimum Gasteiger partial charge on any atom is -0.481 e. The molecule has 1 amide bonds. The summed E-state index contributed by atoms with van der Waals surface area (Å²) < 4.78 is 1.66. The van der Waals surface area contributed by atoms with Gasteiger partial charge in [-0.05, 0) is 18.9 Å². The van der Waals surface area contributed by atoms with Crippen molar-refractivity contribution in [2.24, 2.45) is 7.05 Å². The molecule has 1 fully saturated rings. The number of carbonyl (C=O) groups excluding carboxylic acids is 1. The van der Waals surface area contributed by atoms with Gasteiger partial charge < -0.3 is 10.4 Å². The van der Waals surface area contributed by atoms with Gasteiger partial charge in [-0.15, -0.1) is 0 Å². The zero-order valence-corrected chi connectivity index (χ0v) is 12.2. The van der Waals surface area contributed by atoms with E-state index in [4.69, 9.17) is 5.11 Å². The molecule has 1 aliphatic rings. The molecule has 0 atom stereocenters. The normalized spacial score (nSPS) is 17.8. The Kier molecular flexibility index (Phi) is 4.77. The van der Waals surface area contributed by atoms with Gasteiger partial charge in [0, 0.05) is 24.9 Å². The van der Waals surface area contributed by atoms with Crippen molar-refractivity contribution >= 4 is 18.0 Å². The van der Waals surface area contributed by atoms with Gasteiger partial charge in [0.2, 0.25) is 5.91 Å². The third-order valence-electron chi connectivity index (χ3n) is 3.84. The molecule has 1 aliphatic carbocycles. The van der Waals surface area contributed by atoms with Crippen molar-refractivity contribution in [2.45, 2.75) is 44.1 Å². The van der Waals surface area contributed by atoms with E-state index in [1.807, 2.05) is 0 Å². The average molecular weight is 291 g/mol. The van der Waals surface area contributed by atoms with Crippen LogP contribution in [-0.4, -0.2) is 32.3 Å². The Morgan fingerprint density at radius 1 is 1.43 bits per heavy atom. The lowest BCUT2D eigenvalue weighted by atomic mass is 9.79. The third kappa shape index (κ3) is 4.44. The van der Waals surface area contributed by atoms with Crippen molar-refractivity contribution in [1.82, 2.24) is 15.1 Å². The number of amides is 1. The molecule has 114 valence electrons. The monoisotopic (exact) mass is 291 g/mol. The average Bonchev–Trinajstić information content (AvgIpc) is 2.82. The number of aromatic nitrogens is 2. The minimum absolute atomic E-state index is 0.0144. The van der Waals surface area contributed by atoms with Gasteiger partial charge in [0.15, 0.2) is 0 Å². The lowest BCUT2D eigenvalue weighted by Crippen LogP contribution is -2.50. The van der Waals surface area contributed by atoms with E-state index < -0.39 is 11.5 Å². The minimum atomic E-state index is -0.867. The van der Waals surface area contributed by atoms with Crippen LogP contribution in [0, 0.1) is 0 Å². The highest BCUT2D eigenvalue weighted by Crippen LogP contribution is 2.31. The van der Waals surface area contributed by atoms with Gasteiger partial charge in [0.25, 0.3) is 0 Å². The summed E-state index contributed by atoms with van der Waals surface area (Å²) >= 11 is 0. The predicted molar refractivity (Wildman–Crippen MR) is 78.5 cm³/mol. The van der Waals surface area contributed by atoms with E-state index in [9.17, 15) is 9.59 Å². The number of nitrogens with one attached hydrogen (secondary N) is 1. The fourth-order valence-electron chi connectivity index (χ4n) is 2.87. The lowest BCUT2D eigenvalue weighted by Gasteiger charge is -2.36. The molecule has 1 aromatic heterocycles. The van der Waals surface area contributed by atoms with E-state index in [2.05, 4.69) is 10.4 Å². The molecule has 21 heavy (non-hydrogen) atoms. The first-order chi connectivity index (χ1) is 9.99. The van der Waals surface area contributed by atoms with E-state index in [0.717, 1.165) is 37.7 Å². The number of carboxylic acids is 1. The van der Waals surface area contributed by atoms with Gasteiger partial charge >= 0.3 is 5.97 Å². The maximum Gasteiger partial charge on any atom is 0.305 e. The molecule has 6 nitrogen and oxygen atoms in total. The lowest BCUT2D eigenvalue weighted by molar-refractivity contribution is -0.139. The molecule has 0 spiro atoms. The fraction of sp³-hybridized carbons (Fsp3) is 0.533. The van der Waals surface area contributed by atoms with Gasteiger partial charge in [0.05, 0.1) is 18.2 Å². The van der Waals surface area contributed by atoms with Gasteiger partial charge in [-0.1, -0.05) is 19.3 Å². The Bertz CT molecular complexity index is 542. The van der Waals surface area contributed by atoms with Gasteiger partial charge in [0.1, 0.15) is 0 Å². The number of hydrogen-bond donors (Lipinski definition) is 2. The number of carbonyl (C=O) groups is 2. The van der Waals surface area contributed by atoms with Crippen molar-refractivity contribution in [3.63, 3.8) is 0 Å². The van der Waals surface area contributed by atoms with Crippen LogP contribution < -0.4 is 5.32 Å². The van der Waals surface area contributed by atoms with Crippen LogP contribution in [0.1, 0.15) is 44.1 Å². The maximum atomic E-state index is 12.1. The Hall–Kier alpha value is -2.11. The molecular formula is C15H21N3O3. The molecule has 1 heterocycles. The van der Waals surface area contributed by atoms with E-state index >= 15 is 0 Å². The van der Waals surface area contributed by atoms with E-state index in [1.165, 1.54) is 6.08 Å². The number of carboxylic acid groups (broad SMARTS) is 1. The number of aliphatic carboxylic acids is 1. The maximum absolute atomic E-state index is 12.1. The molecule has 2 rings (SSSR count). The Balaban J connectivity index is 2.00. The molecular weight excluding hydrogens is 270 g/mol. The number of rotatable bonds is 5. The van der Waals surface area contributed by atoms with Crippen LogP contribution in [0.2, 0.25) is 0 Å². The molecule has 0 radical (unpaired) electrons. The fourth-order valence-corrected chi connectivity index (χ4v) is 2.87.